The third kappa shape index (κ3) is 4.84. The van der Waals surface area contributed by atoms with E-state index in [4.69, 9.17) is 4.52 Å². The Balaban J connectivity index is 1.77. The summed E-state index contributed by atoms with van der Waals surface area (Å²) < 4.78 is 5.27. The third-order valence-corrected chi connectivity index (χ3v) is 3.93. The molecule has 2 aromatic rings. The maximum absolute atomic E-state index is 5.27. The van der Waals surface area contributed by atoms with Gasteiger partial charge in [-0.25, -0.2) is 0 Å². The second kappa shape index (κ2) is 7.40. The highest BCUT2D eigenvalue weighted by Crippen LogP contribution is 2.19. The number of guanidine groups is 1. The number of nitrogens with one attached hydrogen (secondary N) is 2. The molecule has 7 heteroatoms. The second-order valence-electron chi connectivity index (χ2n) is 5.95. The summed E-state index contributed by atoms with van der Waals surface area (Å²) in [6, 6.07) is 4.20. The van der Waals surface area contributed by atoms with E-state index in [1.54, 1.807) is 18.4 Å². The molecular formula is C15H23N5OS. The Bertz CT molecular complexity index is 598. The van der Waals surface area contributed by atoms with E-state index < -0.39 is 0 Å². The number of aliphatic imine (C=N–C) groups is 1. The van der Waals surface area contributed by atoms with Crippen molar-refractivity contribution in [3.05, 3.63) is 34.1 Å². The second-order valence-corrected chi connectivity index (χ2v) is 6.98. The topological polar surface area (TPSA) is 75.3 Å². The molecule has 0 spiro atoms. The first-order chi connectivity index (χ1) is 10.5. The van der Waals surface area contributed by atoms with Gasteiger partial charge in [0.05, 0.1) is 6.54 Å². The van der Waals surface area contributed by atoms with E-state index in [0.717, 1.165) is 18.9 Å². The Kier molecular flexibility index (Phi) is 5.54. The van der Waals surface area contributed by atoms with Crippen molar-refractivity contribution in [3.8, 4) is 0 Å². The number of hydrogen-bond acceptors (Lipinski definition) is 5. The number of nitrogens with zero attached hydrogens (tertiary/aromatic N) is 3. The Morgan fingerprint density at radius 2 is 2.18 bits per heavy atom. The van der Waals surface area contributed by atoms with Crippen LogP contribution in [-0.2, 0) is 18.4 Å². The van der Waals surface area contributed by atoms with Crippen molar-refractivity contribution in [1.29, 1.82) is 0 Å². The summed E-state index contributed by atoms with van der Waals surface area (Å²) in [6.45, 7) is 7.45. The standard InChI is InChI=1S/C15H23N5OS/c1-15(2,3)13-19-12(20-21-13)10-18-14(16-4)17-8-7-11-6-5-9-22-11/h5-6,9H,7-8,10H2,1-4H3,(H2,16,17,18). The highest BCUT2D eigenvalue weighted by atomic mass is 32.1. The largest absolute Gasteiger partial charge is 0.356 e. The van der Waals surface area contributed by atoms with Crippen LogP contribution in [0.15, 0.2) is 27.0 Å². The molecule has 0 amide bonds. The van der Waals surface area contributed by atoms with Crippen LogP contribution in [0.1, 0.15) is 37.4 Å². The van der Waals surface area contributed by atoms with Crippen LogP contribution in [0.25, 0.3) is 0 Å². The van der Waals surface area contributed by atoms with Crippen LogP contribution in [-0.4, -0.2) is 29.7 Å². The van der Waals surface area contributed by atoms with Gasteiger partial charge in [0.25, 0.3) is 0 Å². The summed E-state index contributed by atoms with van der Waals surface area (Å²) in [5.74, 6) is 2.01. The van der Waals surface area contributed by atoms with E-state index in [0.29, 0.717) is 18.3 Å². The van der Waals surface area contributed by atoms with Crippen LogP contribution in [0.2, 0.25) is 0 Å². The SMILES string of the molecule is CN=C(NCCc1cccs1)NCc1noc(C(C)(C)C)n1. The molecule has 0 aliphatic carbocycles. The van der Waals surface area contributed by atoms with E-state index in [-0.39, 0.29) is 5.41 Å². The quantitative estimate of drug-likeness (QED) is 0.653. The fraction of sp³-hybridized carbons (Fsp3) is 0.533. The fourth-order valence-electron chi connectivity index (χ4n) is 1.77. The molecule has 2 aromatic heterocycles. The monoisotopic (exact) mass is 321 g/mol. The van der Waals surface area contributed by atoms with Gasteiger partial charge in [-0.2, -0.15) is 4.98 Å². The van der Waals surface area contributed by atoms with Crippen LogP contribution < -0.4 is 10.6 Å². The summed E-state index contributed by atoms with van der Waals surface area (Å²) in [4.78, 5) is 9.93. The molecule has 6 nitrogen and oxygen atoms in total. The summed E-state index contributed by atoms with van der Waals surface area (Å²) in [7, 11) is 1.75. The van der Waals surface area contributed by atoms with Crippen molar-refractivity contribution in [1.82, 2.24) is 20.8 Å². The lowest BCUT2D eigenvalue weighted by Crippen LogP contribution is -2.38. The highest BCUT2D eigenvalue weighted by molar-refractivity contribution is 7.09. The fourth-order valence-corrected chi connectivity index (χ4v) is 2.48. The van der Waals surface area contributed by atoms with Crippen molar-refractivity contribution >= 4 is 17.3 Å². The number of thiophene rings is 1. The molecule has 120 valence electrons. The van der Waals surface area contributed by atoms with Gasteiger partial charge in [0.1, 0.15) is 0 Å². The highest BCUT2D eigenvalue weighted by Gasteiger charge is 2.21. The maximum atomic E-state index is 5.27. The normalized spacial score (nSPS) is 12.5. The van der Waals surface area contributed by atoms with Gasteiger partial charge < -0.3 is 15.2 Å². The van der Waals surface area contributed by atoms with Crippen molar-refractivity contribution in [2.45, 2.75) is 39.2 Å². The summed E-state index contributed by atoms with van der Waals surface area (Å²) in [5, 5.41) is 12.5. The zero-order chi connectivity index (χ0) is 16.0. The third-order valence-electron chi connectivity index (χ3n) is 2.99. The summed E-state index contributed by atoms with van der Waals surface area (Å²) in [5.41, 5.74) is -0.133. The van der Waals surface area contributed by atoms with Crippen molar-refractivity contribution in [2.24, 2.45) is 4.99 Å². The molecule has 2 N–H and O–H groups in total. The molecule has 2 heterocycles. The van der Waals surface area contributed by atoms with Gasteiger partial charge >= 0.3 is 0 Å². The molecule has 0 unspecified atom stereocenters. The zero-order valence-electron chi connectivity index (χ0n) is 13.5. The predicted octanol–water partition coefficient (Wildman–Crippen LogP) is 2.34. The van der Waals surface area contributed by atoms with Crippen molar-refractivity contribution in [3.63, 3.8) is 0 Å². The molecule has 0 aromatic carbocycles. The lowest BCUT2D eigenvalue weighted by Gasteiger charge is -2.11. The van der Waals surface area contributed by atoms with E-state index in [1.807, 2.05) is 20.8 Å². The molecular weight excluding hydrogens is 298 g/mol. The van der Waals surface area contributed by atoms with E-state index in [2.05, 4.69) is 43.3 Å². The Hall–Kier alpha value is -1.89. The molecule has 0 aliphatic heterocycles. The summed E-state index contributed by atoms with van der Waals surface area (Å²) in [6.07, 6.45) is 0.981. The Morgan fingerprint density at radius 3 is 2.77 bits per heavy atom. The maximum Gasteiger partial charge on any atom is 0.232 e. The Morgan fingerprint density at radius 1 is 1.36 bits per heavy atom. The number of rotatable bonds is 5. The van der Waals surface area contributed by atoms with Crippen molar-refractivity contribution < 1.29 is 4.52 Å². The minimum absolute atomic E-state index is 0.133. The van der Waals surface area contributed by atoms with Gasteiger partial charge in [0, 0.05) is 23.9 Å². The first-order valence-electron chi connectivity index (χ1n) is 7.29. The van der Waals surface area contributed by atoms with Crippen LogP contribution in [0.5, 0.6) is 0 Å². The first-order valence-corrected chi connectivity index (χ1v) is 8.17. The molecule has 2 rings (SSSR count). The van der Waals surface area contributed by atoms with Crippen LogP contribution in [0.4, 0.5) is 0 Å². The van der Waals surface area contributed by atoms with Gasteiger partial charge in [-0.1, -0.05) is 32.0 Å². The predicted molar refractivity (Wildman–Crippen MR) is 89.2 cm³/mol. The molecule has 22 heavy (non-hydrogen) atoms. The Labute approximate surface area is 135 Å². The minimum Gasteiger partial charge on any atom is -0.356 e. The van der Waals surface area contributed by atoms with Crippen LogP contribution in [0, 0.1) is 0 Å². The van der Waals surface area contributed by atoms with E-state index in [9.17, 15) is 0 Å². The lowest BCUT2D eigenvalue weighted by atomic mass is 9.97. The average Bonchev–Trinajstić information content (AvgIpc) is 3.13. The molecule has 0 aliphatic rings. The summed E-state index contributed by atoms with van der Waals surface area (Å²) >= 11 is 1.76. The molecule has 0 bridgehead atoms. The molecule has 0 fully saturated rings. The van der Waals surface area contributed by atoms with Gasteiger partial charge in [-0.15, -0.1) is 11.3 Å². The molecule has 0 saturated heterocycles. The van der Waals surface area contributed by atoms with E-state index in [1.165, 1.54) is 4.88 Å². The van der Waals surface area contributed by atoms with E-state index >= 15 is 0 Å². The zero-order valence-corrected chi connectivity index (χ0v) is 14.3. The minimum atomic E-state index is -0.133. The van der Waals surface area contributed by atoms with Gasteiger partial charge in [-0.3, -0.25) is 4.99 Å². The first kappa shape index (κ1) is 16.5. The number of hydrogen-bond donors (Lipinski definition) is 2. The van der Waals surface area contributed by atoms with Gasteiger partial charge in [-0.05, 0) is 17.9 Å². The smallest absolute Gasteiger partial charge is 0.232 e. The van der Waals surface area contributed by atoms with Crippen molar-refractivity contribution in [2.75, 3.05) is 13.6 Å². The van der Waals surface area contributed by atoms with Gasteiger partial charge in [0.2, 0.25) is 5.89 Å². The molecule has 0 radical (unpaired) electrons. The number of aromatic nitrogens is 2. The molecule has 0 atom stereocenters. The van der Waals surface area contributed by atoms with Crippen LogP contribution in [0.3, 0.4) is 0 Å². The van der Waals surface area contributed by atoms with Gasteiger partial charge in [0.15, 0.2) is 11.8 Å². The lowest BCUT2D eigenvalue weighted by molar-refractivity contribution is 0.318. The molecule has 0 saturated carbocycles. The average molecular weight is 321 g/mol. The van der Waals surface area contributed by atoms with Crippen LogP contribution >= 0.6 is 11.3 Å².